The Labute approximate surface area is 288 Å². The molecule has 0 saturated heterocycles. The molecule has 0 bridgehead atoms. The van der Waals surface area contributed by atoms with Crippen molar-refractivity contribution in [3.8, 4) is 28.1 Å². The third kappa shape index (κ3) is 4.56. The Kier molecular flexibility index (Phi) is 6.42. The number of benzene rings is 7. The molecule has 0 unspecified atom stereocenters. The fraction of sp³-hybridized carbons (Fsp3) is 0. The fourth-order valence-electron chi connectivity index (χ4n) is 7.36. The van der Waals surface area contributed by atoms with Crippen LogP contribution in [0.5, 0.6) is 0 Å². The van der Waals surface area contributed by atoms with Gasteiger partial charge in [-0.2, -0.15) is 0 Å². The van der Waals surface area contributed by atoms with E-state index in [0.29, 0.717) is 0 Å². The van der Waals surface area contributed by atoms with Gasteiger partial charge in [0.05, 0.1) is 28.1 Å². The summed E-state index contributed by atoms with van der Waals surface area (Å²) in [6, 6.07) is 61.2. The zero-order valence-corrected chi connectivity index (χ0v) is 27.3. The van der Waals surface area contributed by atoms with Crippen LogP contribution in [0, 0.1) is 0 Å². The lowest BCUT2D eigenvalue weighted by Gasteiger charge is -2.33. The van der Waals surface area contributed by atoms with Gasteiger partial charge in [0, 0.05) is 49.1 Å². The van der Waals surface area contributed by atoms with Crippen molar-refractivity contribution >= 4 is 61.4 Å². The monoisotopic (exact) mass is 643 g/mol. The Morgan fingerprint density at radius 1 is 0.429 bits per heavy atom. The lowest BCUT2D eigenvalue weighted by atomic mass is 10.0. The lowest BCUT2D eigenvalue weighted by Crippen LogP contribution is -2.15. The van der Waals surface area contributed by atoms with Crippen LogP contribution in [-0.2, 0) is 0 Å². The van der Waals surface area contributed by atoms with Crippen molar-refractivity contribution in [3.63, 3.8) is 0 Å². The molecule has 2 aromatic heterocycles. The summed E-state index contributed by atoms with van der Waals surface area (Å²) in [6.07, 6.45) is 1.91. The first-order valence-corrected chi connectivity index (χ1v) is 17.4. The topological polar surface area (TPSA) is 21.1 Å². The first kappa shape index (κ1) is 28.0. The van der Waals surface area contributed by atoms with Crippen molar-refractivity contribution in [1.29, 1.82) is 0 Å². The third-order valence-electron chi connectivity index (χ3n) is 9.60. The van der Waals surface area contributed by atoms with Gasteiger partial charge in [-0.15, -0.1) is 0 Å². The molecular formula is C45H29N3S. The largest absolute Gasteiger partial charge is 0.309 e. The summed E-state index contributed by atoms with van der Waals surface area (Å²) >= 11 is 1.84. The van der Waals surface area contributed by atoms with Gasteiger partial charge in [-0.3, -0.25) is 4.98 Å². The molecule has 9 aromatic rings. The van der Waals surface area contributed by atoms with E-state index in [9.17, 15) is 0 Å². The summed E-state index contributed by atoms with van der Waals surface area (Å²) in [5.41, 5.74) is 11.5. The molecule has 230 valence electrons. The summed E-state index contributed by atoms with van der Waals surface area (Å²) in [5, 5.41) is 4.86. The van der Waals surface area contributed by atoms with E-state index in [-0.39, 0.29) is 0 Å². The van der Waals surface area contributed by atoms with Crippen molar-refractivity contribution < 1.29 is 0 Å². The maximum absolute atomic E-state index is 4.84. The van der Waals surface area contributed by atoms with Gasteiger partial charge >= 0.3 is 0 Å². The zero-order chi connectivity index (χ0) is 32.3. The minimum absolute atomic E-state index is 0.997. The average Bonchev–Trinajstić information content (AvgIpc) is 3.50. The van der Waals surface area contributed by atoms with E-state index in [4.69, 9.17) is 4.98 Å². The highest BCUT2D eigenvalue weighted by Gasteiger charge is 2.26. The van der Waals surface area contributed by atoms with Crippen molar-refractivity contribution in [2.24, 2.45) is 0 Å². The minimum atomic E-state index is 0.997. The molecule has 0 saturated carbocycles. The van der Waals surface area contributed by atoms with Crippen LogP contribution in [-0.4, -0.2) is 9.55 Å². The summed E-state index contributed by atoms with van der Waals surface area (Å²) in [6.45, 7) is 0. The molecule has 3 heterocycles. The van der Waals surface area contributed by atoms with Crippen LogP contribution < -0.4 is 4.90 Å². The van der Waals surface area contributed by atoms with Gasteiger partial charge in [-0.25, -0.2) is 0 Å². The van der Waals surface area contributed by atoms with Crippen LogP contribution in [0.4, 0.5) is 17.1 Å². The van der Waals surface area contributed by atoms with Gasteiger partial charge < -0.3 is 9.47 Å². The predicted octanol–water partition coefficient (Wildman–Crippen LogP) is 12.6. The van der Waals surface area contributed by atoms with Crippen molar-refractivity contribution in [2.75, 3.05) is 4.90 Å². The number of fused-ring (bicyclic) bond motifs is 6. The van der Waals surface area contributed by atoms with E-state index in [0.717, 1.165) is 28.0 Å². The molecular weight excluding hydrogens is 615 g/mol. The third-order valence-corrected chi connectivity index (χ3v) is 10.7. The predicted molar refractivity (Wildman–Crippen MR) is 206 cm³/mol. The van der Waals surface area contributed by atoms with Crippen LogP contribution >= 0.6 is 11.8 Å². The highest BCUT2D eigenvalue weighted by molar-refractivity contribution is 7.99. The molecule has 0 spiro atoms. The molecule has 3 nitrogen and oxygen atoms in total. The second kappa shape index (κ2) is 11.3. The van der Waals surface area contributed by atoms with Crippen molar-refractivity contribution in [1.82, 2.24) is 9.55 Å². The number of aromatic nitrogens is 2. The number of hydrogen-bond acceptors (Lipinski definition) is 3. The number of anilines is 3. The van der Waals surface area contributed by atoms with Crippen LogP contribution in [0.2, 0.25) is 0 Å². The Morgan fingerprint density at radius 3 is 2.12 bits per heavy atom. The van der Waals surface area contributed by atoms with Crippen LogP contribution in [0.1, 0.15) is 0 Å². The molecule has 0 aliphatic carbocycles. The maximum atomic E-state index is 4.84. The normalized spacial score (nSPS) is 12.4. The van der Waals surface area contributed by atoms with Crippen LogP contribution in [0.25, 0.3) is 60.6 Å². The highest BCUT2D eigenvalue weighted by Crippen LogP contribution is 2.52. The summed E-state index contributed by atoms with van der Waals surface area (Å²) in [4.78, 5) is 9.69. The molecule has 0 radical (unpaired) electrons. The van der Waals surface area contributed by atoms with E-state index in [1.54, 1.807) is 0 Å². The molecule has 0 N–H and O–H groups in total. The molecule has 1 aliphatic heterocycles. The van der Waals surface area contributed by atoms with Gasteiger partial charge in [0.1, 0.15) is 0 Å². The SMILES string of the molecule is c1ccc(-c2ccc3c4ccccc4n(-c4ccc5c(c4)Sc4ccccc4N5c4cccc(-c5nccc6ccccc56)c4)c3c2)cc1. The van der Waals surface area contributed by atoms with Crippen molar-refractivity contribution in [2.45, 2.75) is 9.79 Å². The van der Waals surface area contributed by atoms with Gasteiger partial charge in [0.25, 0.3) is 0 Å². The Balaban J connectivity index is 1.15. The zero-order valence-electron chi connectivity index (χ0n) is 26.5. The summed E-state index contributed by atoms with van der Waals surface area (Å²) in [5.74, 6) is 0. The number of nitrogens with zero attached hydrogens (tertiary/aromatic N) is 3. The molecule has 10 rings (SSSR count). The first-order chi connectivity index (χ1) is 24.3. The second-order valence-corrected chi connectivity index (χ2v) is 13.5. The molecule has 0 atom stereocenters. The van der Waals surface area contributed by atoms with Crippen LogP contribution in [0.15, 0.2) is 186 Å². The van der Waals surface area contributed by atoms with Gasteiger partial charge in [0.15, 0.2) is 0 Å². The Hall–Kier alpha value is -6.10. The van der Waals surface area contributed by atoms with Gasteiger partial charge in [-0.1, -0.05) is 121 Å². The van der Waals surface area contributed by atoms with Gasteiger partial charge in [-0.05, 0) is 77.2 Å². The van der Waals surface area contributed by atoms with Crippen LogP contribution in [0.3, 0.4) is 0 Å². The maximum Gasteiger partial charge on any atom is 0.0781 e. The quantitative estimate of drug-likeness (QED) is 0.190. The number of para-hydroxylation sites is 2. The molecule has 0 fully saturated rings. The van der Waals surface area contributed by atoms with E-state index in [2.05, 4.69) is 179 Å². The minimum Gasteiger partial charge on any atom is -0.309 e. The highest BCUT2D eigenvalue weighted by atomic mass is 32.2. The first-order valence-electron chi connectivity index (χ1n) is 16.5. The number of hydrogen-bond donors (Lipinski definition) is 0. The van der Waals surface area contributed by atoms with Gasteiger partial charge in [0.2, 0.25) is 0 Å². The fourth-order valence-corrected chi connectivity index (χ4v) is 8.45. The molecule has 0 amide bonds. The standard InChI is InChI=1S/C45H29N3S/c1-2-11-30(12-3-1)32-21-23-38-37-17-6-7-18-39(37)47(42(38)28-32)35-22-24-41-44(29-35)49-43-20-9-8-19-40(43)48(41)34-15-10-14-33(27-34)45-36-16-5-4-13-31(36)25-26-46-45/h1-29H. The summed E-state index contributed by atoms with van der Waals surface area (Å²) in [7, 11) is 0. The number of pyridine rings is 1. The molecule has 1 aliphatic rings. The smallest absolute Gasteiger partial charge is 0.0781 e. The van der Waals surface area contributed by atoms with Crippen molar-refractivity contribution in [3.05, 3.63) is 176 Å². The van der Waals surface area contributed by atoms with E-state index in [1.165, 1.54) is 59.5 Å². The summed E-state index contributed by atoms with van der Waals surface area (Å²) < 4.78 is 2.43. The average molecular weight is 644 g/mol. The number of rotatable bonds is 4. The second-order valence-electron chi connectivity index (χ2n) is 12.4. The van der Waals surface area contributed by atoms with E-state index >= 15 is 0 Å². The van der Waals surface area contributed by atoms with E-state index < -0.39 is 0 Å². The Morgan fingerprint density at radius 2 is 1.18 bits per heavy atom. The van der Waals surface area contributed by atoms with E-state index in [1.807, 2.05) is 18.0 Å². The molecule has 7 aromatic carbocycles. The molecule has 49 heavy (non-hydrogen) atoms. The lowest BCUT2D eigenvalue weighted by molar-refractivity contribution is 1.12. The Bertz CT molecular complexity index is 2710. The molecule has 4 heteroatoms.